The second-order valence-electron chi connectivity index (χ2n) is 5.81. The molecule has 122 valence electrons. The maximum atomic E-state index is 5.63. The van der Waals surface area contributed by atoms with Crippen LogP contribution in [-0.4, -0.2) is 11.6 Å². The van der Waals surface area contributed by atoms with Gasteiger partial charge in [0.05, 0.1) is 12.3 Å². The Morgan fingerprint density at radius 1 is 1.04 bits per heavy atom. The summed E-state index contributed by atoms with van der Waals surface area (Å²) in [6.07, 6.45) is 11.0. The zero-order chi connectivity index (χ0) is 16.3. The van der Waals surface area contributed by atoms with Crippen LogP contribution in [0, 0.1) is 0 Å². The number of benzene rings is 1. The fraction of sp³-hybridized carbons (Fsp3) is 0.381. The van der Waals surface area contributed by atoms with E-state index in [2.05, 4.69) is 42.8 Å². The van der Waals surface area contributed by atoms with Crippen LogP contribution in [0.25, 0.3) is 11.3 Å². The van der Waals surface area contributed by atoms with E-state index in [1.807, 2.05) is 24.4 Å². The second-order valence-corrected chi connectivity index (χ2v) is 5.81. The first-order valence-electron chi connectivity index (χ1n) is 8.62. The van der Waals surface area contributed by atoms with E-state index in [-0.39, 0.29) is 0 Å². The average Bonchev–Trinajstić information content (AvgIpc) is 2.60. The van der Waals surface area contributed by atoms with Crippen molar-refractivity contribution < 1.29 is 4.74 Å². The van der Waals surface area contributed by atoms with E-state index in [0.717, 1.165) is 29.8 Å². The summed E-state index contributed by atoms with van der Waals surface area (Å²) >= 11 is 0. The topological polar surface area (TPSA) is 22.1 Å². The Morgan fingerprint density at radius 3 is 2.52 bits per heavy atom. The van der Waals surface area contributed by atoms with Gasteiger partial charge in [-0.15, -0.1) is 6.58 Å². The van der Waals surface area contributed by atoms with E-state index < -0.39 is 0 Å². The molecule has 1 aromatic heterocycles. The molecule has 2 heteroatoms. The summed E-state index contributed by atoms with van der Waals surface area (Å²) in [5.41, 5.74) is 3.47. The van der Waals surface area contributed by atoms with Gasteiger partial charge in [0.15, 0.2) is 0 Å². The lowest BCUT2D eigenvalue weighted by molar-refractivity contribution is 0.325. The summed E-state index contributed by atoms with van der Waals surface area (Å²) in [6, 6.07) is 12.4. The molecule has 0 saturated carbocycles. The van der Waals surface area contributed by atoms with Crippen molar-refractivity contribution in [1.29, 1.82) is 0 Å². The number of ether oxygens (including phenoxy) is 1. The lowest BCUT2D eigenvalue weighted by Crippen LogP contribution is -1.95. The summed E-state index contributed by atoms with van der Waals surface area (Å²) in [4.78, 5) is 4.60. The Kier molecular flexibility index (Phi) is 7.38. The third-order valence-electron chi connectivity index (χ3n) is 3.88. The summed E-state index contributed by atoms with van der Waals surface area (Å²) in [7, 11) is 0. The molecule has 23 heavy (non-hydrogen) atoms. The summed E-state index contributed by atoms with van der Waals surface area (Å²) in [5.74, 6) is 0.892. The van der Waals surface area contributed by atoms with Crippen LogP contribution < -0.4 is 4.74 Å². The van der Waals surface area contributed by atoms with Crippen molar-refractivity contribution in [3.05, 3.63) is 60.8 Å². The van der Waals surface area contributed by atoms with Crippen LogP contribution in [0.3, 0.4) is 0 Å². The first-order valence-corrected chi connectivity index (χ1v) is 8.62. The number of aryl methyl sites for hydroxylation is 1. The first-order chi connectivity index (χ1) is 11.3. The minimum absolute atomic E-state index is 0.674. The number of nitrogens with zero attached hydrogens (tertiary/aromatic N) is 1. The van der Waals surface area contributed by atoms with Gasteiger partial charge in [0.25, 0.3) is 0 Å². The van der Waals surface area contributed by atoms with E-state index in [1.54, 1.807) is 0 Å². The van der Waals surface area contributed by atoms with Gasteiger partial charge in [-0.25, -0.2) is 0 Å². The summed E-state index contributed by atoms with van der Waals surface area (Å²) in [5, 5.41) is 0. The Labute approximate surface area is 140 Å². The molecule has 0 bridgehead atoms. The largest absolute Gasteiger partial charge is 0.493 e. The lowest BCUT2D eigenvalue weighted by atomic mass is 10.1. The van der Waals surface area contributed by atoms with Crippen LogP contribution in [-0.2, 0) is 6.42 Å². The van der Waals surface area contributed by atoms with Gasteiger partial charge in [0.1, 0.15) is 5.75 Å². The third-order valence-corrected chi connectivity index (χ3v) is 3.88. The normalized spacial score (nSPS) is 10.5. The molecular weight excluding hydrogens is 282 g/mol. The number of hydrogen-bond acceptors (Lipinski definition) is 2. The van der Waals surface area contributed by atoms with Gasteiger partial charge in [0.2, 0.25) is 0 Å². The fourth-order valence-corrected chi connectivity index (χ4v) is 2.48. The van der Waals surface area contributed by atoms with Gasteiger partial charge < -0.3 is 4.74 Å². The van der Waals surface area contributed by atoms with Crippen LogP contribution in [0.1, 0.15) is 44.6 Å². The van der Waals surface area contributed by atoms with Gasteiger partial charge in [-0.3, -0.25) is 4.98 Å². The highest BCUT2D eigenvalue weighted by Crippen LogP contribution is 2.21. The molecule has 2 aromatic rings. The highest BCUT2D eigenvalue weighted by Gasteiger charge is 2.01. The maximum Gasteiger partial charge on any atom is 0.119 e. The van der Waals surface area contributed by atoms with Gasteiger partial charge in [-0.05, 0) is 55.2 Å². The fourth-order valence-electron chi connectivity index (χ4n) is 2.48. The van der Waals surface area contributed by atoms with Crippen LogP contribution >= 0.6 is 0 Å². The predicted molar refractivity (Wildman–Crippen MR) is 97.8 cm³/mol. The van der Waals surface area contributed by atoms with Crippen LogP contribution in [0.2, 0.25) is 0 Å². The Balaban J connectivity index is 1.89. The predicted octanol–water partition coefficient (Wildman–Crippen LogP) is 5.83. The number of rotatable bonds is 10. The molecule has 2 nitrogen and oxygen atoms in total. The molecule has 0 N–H and O–H groups in total. The van der Waals surface area contributed by atoms with E-state index in [0.29, 0.717) is 6.61 Å². The van der Waals surface area contributed by atoms with E-state index >= 15 is 0 Å². The highest BCUT2D eigenvalue weighted by molar-refractivity contribution is 5.60. The van der Waals surface area contributed by atoms with Gasteiger partial charge >= 0.3 is 0 Å². The quantitative estimate of drug-likeness (QED) is 0.407. The Hall–Kier alpha value is -2.09. The third kappa shape index (κ3) is 5.90. The van der Waals surface area contributed by atoms with E-state index in [1.165, 1.54) is 31.2 Å². The zero-order valence-electron chi connectivity index (χ0n) is 14.1. The van der Waals surface area contributed by atoms with Crippen LogP contribution in [0.5, 0.6) is 5.75 Å². The number of aromatic nitrogens is 1. The van der Waals surface area contributed by atoms with E-state index in [9.17, 15) is 0 Å². The average molecular weight is 309 g/mol. The molecule has 0 amide bonds. The van der Waals surface area contributed by atoms with Crippen LogP contribution in [0.15, 0.2) is 55.3 Å². The molecule has 0 spiro atoms. The zero-order valence-corrected chi connectivity index (χ0v) is 14.1. The monoisotopic (exact) mass is 309 g/mol. The Bertz CT molecular complexity index is 572. The van der Waals surface area contributed by atoms with Crippen molar-refractivity contribution in [3.63, 3.8) is 0 Å². The standard InChI is InChI=1S/C21H27NO/c1-3-5-7-8-9-18-10-15-21(22-17-18)19-11-13-20(14-12-19)23-16-6-4-2/h4,10-15,17H,2-3,5-9,16H2,1H3. The minimum atomic E-state index is 0.674. The Morgan fingerprint density at radius 2 is 1.87 bits per heavy atom. The smallest absolute Gasteiger partial charge is 0.119 e. The van der Waals surface area contributed by atoms with Crippen molar-refractivity contribution in [2.75, 3.05) is 6.61 Å². The number of unbranched alkanes of at least 4 members (excludes halogenated alkanes) is 3. The van der Waals surface area contributed by atoms with Gasteiger partial charge in [0, 0.05) is 11.8 Å². The molecule has 0 aliphatic rings. The summed E-state index contributed by atoms with van der Waals surface area (Å²) < 4.78 is 5.63. The van der Waals surface area contributed by atoms with E-state index in [4.69, 9.17) is 4.74 Å². The molecule has 0 saturated heterocycles. The van der Waals surface area contributed by atoms with Gasteiger partial charge in [-0.2, -0.15) is 0 Å². The van der Waals surface area contributed by atoms with Crippen molar-refractivity contribution >= 4 is 0 Å². The maximum absolute atomic E-state index is 5.63. The van der Waals surface area contributed by atoms with Crippen molar-refractivity contribution in [1.82, 2.24) is 4.98 Å². The molecular formula is C21H27NO. The van der Waals surface area contributed by atoms with Gasteiger partial charge in [-0.1, -0.05) is 38.3 Å². The molecule has 0 fully saturated rings. The molecule has 1 aromatic carbocycles. The molecule has 2 rings (SSSR count). The first kappa shape index (κ1) is 17.3. The molecule has 0 atom stereocenters. The molecule has 0 aliphatic carbocycles. The SMILES string of the molecule is C=CCCOc1ccc(-c2ccc(CCCCCC)cn2)cc1. The molecule has 0 unspecified atom stereocenters. The minimum Gasteiger partial charge on any atom is -0.493 e. The second kappa shape index (κ2) is 9.83. The molecule has 1 heterocycles. The van der Waals surface area contributed by atoms with Crippen molar-refractivity contribution in [3.8, 4) is 17.0 Å². The number of hydrogen-bond donors (Lipinski definition) is 0. The molecule has 0 radical (unpaired) electrons. The lowest BCUT2D eigenvalue weighted by Gasteiger charge is -2.07. The van der Waals surface area contributed by atoms with Crippen molar-refractivity contribution in [2.24, 2.45) is 0 Å². The summed E-state index contributed by atoms with van der Waals surface area (Å²) in [6.45, 7) is 6.61. The molecule has 0 aliphatic heterocycles. The van der Waals surface area contributed by atoms with Crippen LogP contribution in [0.4, 0.5) is 0 Å². The number of pyridine rings is 1. The van der Waals surface area contributed by atoms with Crippen molar-refractivity contribution in [2.45, 2.75) is 45.4 Å². The highest BCUT2D eigenvalue weighted by atomic mass is 16.5.